The zero-order valence-electron chi connectivity index (χ0n) is 10.2. The fourth-order valence-corrected chi connectivity index (χ4v) is 2.68. The van der Waals surface area contributed by atoms with Gasteiger partial charge in [-0.15, -0.1) is 0 Å². The maximum atomic E-state index is 10.4. The lowest BCUT2D eigenvalue weighted by Gasteiger charge is -2.36. The summed E-state index contributed by atoms with van der Waals surface area (Å²) in [5.41, 5.74) is 1.24. The first-order valence-corrected chi connectivity index (χ1v) is 6.74. The SMILES string of the molecule is O=C(O)CCCNC1CC(c2ccccc2Cl)C1. The number of rotatable bonds is 6. The van der Waals surface area contributed by atoms with Gasteiger partial charge in [0.05, 0.1) is 0 Å². The summed E-state index contributed by atoms with van der Waals surface area (Å²) in [6, 6.07) is 8.51. The molecule has 2 N–H and O–H groups in total. The number of nitrogens with one attached hydrogen (secondary N) is 1. The number of hydrogen-bond donors (Lipinski definition) is 2. The molecule has 0 aromatic heterocycles. The topological polar surface area (TPSA) is 49.3 Å². The fraction of sp³-hybridized carbons (Fsp3) is 0.500. The third-order valence-corrected chi connectivity index (χ3v) is 3.83. The van der Waals surface area contributed by atoms with Crippen LogP contribution in [0.2, 0.25) is 5.02 Å². The molecule has 0 aliphatic heterocycles. The highest BCUT2D eigenvalue weighted by Crippen LogP contribution is 2.39. The Hall–Kier alpha value is -1.06. The molecule has 0 unspecified atom stereocenters. The third kappa shape index (κ3) is 3.47. The average molecular weight is 268 g/mol. The third-order valence-electron chi connectivity index (χ3n) is 3.48. The molecular formula is C14H18ClNO2. The Kier molecular flexibility index (Phi) is 4.61. The van der Waals surface area contributed by atoms with E-state index in [9.17, 15) is 4.79 Å². The second-order valence-electron chi connectivity index (χ2n) is 4.84. The van der Waals surface area contributed by atoms with E-state index in [1.807, 2.05) is 18.2 Å². The Morgan fingerprint density at radius 3 is 2.78 bits per heavy atom. The minimum atomic E-state index is -0.723. The Morgan fingerprint density at radius 1 is 1.39 bits per heavy atom. The van der Waals surface area contributed by atoms with Gasteiger partial charge in [-0.3, -0.25) is 4.79 Å². The van der Waals surface area contributed by atoms with E-state index in [-0.39, 0.29) is 6.42 Å². The van der Waals surface area contributed by atoms with Crippen LogP contribution in [0.15, 0.2) is 24.3 Å². The molecule has 1 saturated carbocycles. The Bertz CT molecular complexity index is 416. The van der Waals surface area contributed by atoms with Crippen LogP contribution >= 0.6 is 11.6 Å². The Labute approximate surface area is 112 Å². The molecule has 0 radical (unpaired) electrons. The maximum absolute atomic E-state index is 10.4. The molecule has 0 bridgehead atoms. The van der Waals surface area contributed by atoms with E-state index in [4.69, 9.17) is 16.7 Å². The highest BCUT2D eigenvalue weighted by atomic mass is 35.5. The van der Waals surface area contributed by atoms with Crippen molar-refractivity contribution < 1.29 is 9.90 Å². The lowest BCUT2D eigenvalue weighted by atomic mass is 9.76. The summed E-state index contributed by atoms with van der Waals surface area (Å²) in [5, 5.41) is 12.8. The number of aliphatic carboxylic acids is 1. The van der Waals surface area contributed by atoms with Gasteiger partial charge in [0.25, 0.3) is 0 Å². The molecule has 4 heteroatoms. The summed E-state index contributed by atoms with van der Waals surface area (Å²) in [5.74, 6) is -0.171. The summed E-state index contributed by atoms with van der Waals surface area (Å²) < 4.78 is 0. The molecular weight excluding hydrogens is 250 g/mol. The first kappa shape index (κ1) is 13.4. The zero-order valence-corrected chi connectivity index (χ0v) is 11.0. The van der Waals surface area contributed by atoms with Crippen molar-refractivity contribution in [2.24, 2.45) is 0 Å². The van der Waals surface area contributed by atoms with Crippen LogP contribution in [0, 0.1) is 0 Å². The lowest BCUT2D eigenvalue weighted by molar-refractivity contribution is -0.137. The van der Waals surface area contributed by atoms with Gasteiger partial charge in [0.1, 0.15) is 0 Å². The fourth-order valence-electron chi connectivity index (χ4n) is 2.39. The first-order chi connectivity index (χ1) is 8.66. The number of halogens is 1. The molecule has 18 heavy (non-hydrogen) atoms. The van der Waals surface area contributed by atoms with E-state index in [0.29, 0.717) is 18.4 Å². The van der Waals surface area contributed by atoms with Crippen LogP contribution in [0.25, 0.3) is 0 Å². The van der Waals surface area contributed by atoms with Gasteiger partial charge in [-0.25, -0.2) is 0 Å². The molecule has 2 rings (SSSR count). The van der Waals surface area contributed by atoms with Gasteiger partial charge in [-0.1, -0.05) is 29.8 Å². The number of carboxylic acid groups (broad SMARTS) is 1. The van der Waals surface area contributed by atoms with Gasteiger partial charge >= 0.3 is 5.97 Å². The van der Waals surface area contributed by atoms with Crippen molar-refractivity contribution in [3.8, 4) is 0 Å². The molecule has 1 fully saturated rings. The molecule has 1 aliphatic rings. The number of carboxylic acids is 1. The minimum absolute atomic E-state index is 0.244. The van der Waals surface area contributed by atoms with E-state index in [2.05, 4.69) is 11.4 Å². The normalized spacial score (nSPS) is 22.5. The second-order valence-corrected chi connectivity index (χ2v) is 5.25. The summed E-state index contributed by atoms with van der Waals surface area (Å²) in [6.45, 7) is 0.784. The molecule has 0 saturated heterocycles. The minimum Gasteiger partial charge on any atom is -0.481 e. The van der Waals surface area contributed by atoms with Crippen molar-refractivity contribution in [3.05, 3.63) is 34.9 Å². The van der Waals surface area contributed by atoms with Crippen molar-refractivity contribution in [2.45, 2.75) is 37.6 Å². The van der Waals surface area contributed by atoms with Crippen molar-refractivity contribution >= 4 is 17.6 Å². The van der Waals surface area contributed by atoms with Crippen molar-refractivity contribution in [3.63, 3.8) is 0 Å². The van der Waals surface area contributed by atoms with E-state index in [1.165, 1.54) is 5.56 Å². The van der Waals surface area contributed by atoms with E-state index < -0.39 is 5.97 Å². The number of hydrogen-bond acceptors (Lipinski definition) is 2. The van der Waals surface area contributed by atoms with Crippen LogP contribution in [-0.2, 0) is 4.79 Å². The predicted octanol–water partition coefficient (Wildman–Crippen LogP) is 3.04. The summed E-state index contributed by atoms with van der Waals surface area (Å²) in [6.07, 6.45) is 3.13. The van der Waals surface area contributed by atoms with Gasteiger partial charge < -0.3 is 10.4 Å². The average Bonchev–Trinajstić information content (AvgIpc) is 2.28. The van der Waals surface area contributed by atoms with Gasteiger partial charge in [-0.2, -0.15) is 0 Å². The molecule has 0 heterocycles. The number of benzene rings is 1. The zero-order chi connectivity index (χ0) is 13.0. The van der Waals surface area contributed by atoms with E-state index in [0.717, 1.165) is 24.4 Å². The van der Waals surface area contributed by atoms with Crippen LogP contribution < -0.4 is 5.32 Å². The molecule has 1 aliphatic carbocycles. The monoisotopic (exact) mass is 267 g/mol. The van der Waals surface area contributed by atoms with Crippen molar-refractivity contribution in [1.29, 1.82) is 0 Å². The smallest absolute Gasteiger partial charge is 0.303 e. The number of carbonyl (C=O) groups is 1. The summed E-state index contributed by atoms with van der Waals surface area (Å²) in [4.78, 5) is 10.4. The van der Waals surface area contributed by atoms with E-state index >= 15 is 0 Å². The molecule has 1 aromatic rings. The van der Waals surface area contributed by atoms with Gasteiger partial charge in [0.15, 0.2) is 0 Å². The second kappa shape index (κ2) is 6.21. The standard InChI is InChI=1S/C14H18ClNO2/c15-13-5-2-1-4-12(13)10-8-11(9-10)16-7-3-6-14(17)18/h1-2,4-5,10-11,16H,3,6-9H2,(H,17,18). The van der Waals surface area contributed by atoms with Crippen LogP contribution in [0.5, 0.6) is 0 Å². The quantitative estimate of drug-likeness (QED) is 0.779. The first-order valence-electron chi connectivity index (χ1n) is 6.36. The maximum Gasteiger partial charge on any atom is 0.303 e. The predicted molar refractivity (Wildman–Crippen MR) is 72.1 cm³/mol. The highest BCUT2D eigenvalue weighted by molar-refractivity contribution is 6.31. The Balaban J connectivity index is 1.68. The highest BCUT2D eigenvalue weighted by Gasteiger charge is 2.30. The van der Waals surface area contributed by atoms with Gasteiger partial charge in [0, 0.05) is 17.5 Å². The van der Waals surface area contributed by atoms with Crippen molar-refractivity contribution in [2.75, 3.05) is 6.54 Å². The van der Waals surface area contributed by atoms with Crippen LogP contribution in [0.4, 0.5) is 0 Å². The van der Waals surface area contributed by atoms with Crippen LogP contribution in [0.3, 0.4) is 0 Å². The molecule has 1 aromatic carbocycles. The van der Waals surface area contributed by atoms with Crippen LogP contribution in [0.1, 0.15) is 37.2 Å². The largest absolute Gasteiger partial charge is 0.481 e. The molecule has 0 atom stereocenters. The van der Waals surface area contributed by atoms with Gasteiger partial charge in [0.2, 0.25) is 0 Å². The van der Waals surface area contributed by atoms with Crippen molar-refractivity contribution in [1.82, 2.24) is 5.32 Å². The van der Waals surface area contributed by atoms with E-state index in [1.54, 1.807) is 0 Å². The molecule has 3 nitrogen and oxygen atoms in total. The van der Waals surface area contributed by atoms with Crippen LogP contribution in [-0.4, -0.2) is 23.7 Å². The molecule has 0 spiro atoms. The Morgan fingerprint density at radius 2 is 2.11 bits per heavy atom. The lowest BCUT2D eigenvalue weighted by Crippen LogP contribution is -2.40. The summed E-state index contributed by atoms with van der Waals surface area (Å²) >= 11 is 6.16. The van der Waals surface area contributed by atoms with Gasteiger partial charge in [-0.05, 0) is 43.4 Å². The summed E-state index contributed by atoms with van der Waals surface area (Å²) in [7, 11) is 0. The molecule has 98 valence electrons. The molecule has 0 amide bonds.